The number of carbonyl (C=O) groups excluding carboxylic acids is 1. The Bertz CT molecular complexity index is 1360. The average molecular weight is 463 g/mol. The summed E-state index contributed by atoms with van der Waals surface area (Å²) >= 11 is 0. The number of benzene rings is 3. The number of hydrogen-bond acceptors (Lipinski definition) is 7. The third-order valence-electron chi connectivity index (χ3n) is 4.40. The summed E-state index contributed by atoms with van der Waals surface area (Å²) in [6, 6.07) is 21.2. The molecule has 0 bridgehead atoms. The fraction of sp³-hybridized carbons (Fsp3) is 0.0435. The molecule has 1 N–H and O–H groups in total. The number of nitrogens with zero attached hydrogens (tertiary/aromatic N) is 2. The van der Waals surface area contributed by atoms with E-state index in [1.54, 1.807) is 12.1 Å². The zero-order valence-corrected chi connectivity index (χ0v) is 17.9. The predicted octanol–water partition coefficient (Wildman–Crippen LogP) is 3.59. The van der Waals surface area contributed by atoms with Crippen LogP contribution >= 0.6 is 0 Å². The van der Waals surface area contributed by atoms with Crippen molar-refractivity contribution in [2.45, 2.75) is 11.4 Å². The van der Waals surface area contributed by atoms with Gasteiger partial charge in [-0.1, -0.05) is 54.6 Å². The van der Waals surface area contributed by atoms with Gasteiger partial charge in [-0.25, -0.2) is 0 Å². The molecule has 1 amide bonds. The first-order valence-electron chi connectivity index (χ1n) is 9.52. The van der Waals surface area contributed by atoms with Gasteiger partial charge in [0.05, 0.1) is 4.92 Å². The second-order valence-electron chi connectivity index (χ2n) is 6.67. The van der Waals surface area contributed by atoms with Crippen LogP contribution in [0.3, 0.4) is 0 Å². The normalized spacial score (nSPS) is 11.3. The van der Waals surface area contributed by atoms with E-state index in [-0.39, 0.29) is 23.4 Å². The molecule has 0 heterocycles. The largest absolute Gasteiger partial charge is 0.378 e. The van der Waals surface area contributed by atoms with Crippen LogP contribution in [0, 0.1) is 21.4 Å². The van der Waals surface area contributed by atoms with E-state index in [0.29, 0.717) is 0 Å². The van der Waals surface area contributed by atoms with Crippen molar-refractivity contribution in [3.63, 3.8) is 0 Å². The number of nitriles is 1. The number of amides is 1. The summed E-state index contributed by atoms with van der Waals surface area (Å²) in [5.41, 5.74) is 0.345. The minimum absolute atomic E-state index is 0.146. The van der Waals surface area contributed by atoms with Crippen molar-refractivity contribution in [2.75, 3.05) is 0 Å². The van der Waals surface area contributed by atoms with Crippen LogP contribution in [0.5, 0.6) is 5.75 Å². The van der Waals surface area contributed by atoms with Gasteiger partial charge in [0.1, 0.15) is 22.3 Å². The van der Waals surface area contributed by atoms with E-state index in [1.165, 1.54) is 36.4 Å². The second-order valence-corrected chi connectivity index (χ2v) is 8.21. The maximum atomic E-state index is 12.7. The third-order valence-corrected chi connectivity index (χ3v) is 5.63. The Morgan fingerprint density at radius 2 is 1.76 bits per heavy atom. The van der Waals surface area contributed by atoms with Crippen molar-refractivity contribution in [1.82, 2.24) is 5.32 Å². The van der Waals surface area contributed by atoms with E-state index in [2.05, 4.69) is 5.32 Å². The lowest BCUT2D eigenvalue weighted by Crippen LogP contribution is -2.23. The van der Waals surface area contributed by atoms with Crippen LogP contribution in [0.4, 0.5) is 5.69 Å². The van der Waals surface area contributed by atoms with Crippen molar-refractivity contribution in [2.24, 2.45) is 0 Å². The van der Waals surface area contributed by atoms with Crippen LogP contribution in [-0.2, 0) is 21.5 Å². The zero-order chi connectivity index (χ0) is 23.8. The number of hydrogen-bond donors (Lipinski definition) is 1. The Morgan fingerprint density at radius 3 is 2.45 bits per heavy atom. The van der Waals surface area contributed by atoms with Crippen molar-refractivity contribution in [3.05, 3.63) is 106 Å². The maximum Gasteiger partial charge on any atom is 0.339 e. The van der Waals surface area contributed by atoms with E-state index in [9.17, 15) is 28.6 Å². The summed E-state index contributed by atoms with van der Waals surface area (Å²) in [4.78, 5) is 22.3. The molecule has 0 saturated heterocycles. The van der Waals surface area contributed by atoms with Gasteiger partial charge in [-0.3, -0.25) is 14.9 Å². The van der Waals surface area contributed by atoms with Crippen molar-refractivity contribution in [3.8, 4) is 11.8 Å². The molecule has 3 aromatic carbocycles. The Hall–Kier alpha value is -4.49. The smallest absolute Gasteiger partial charge is 0.339 e. The maximum absolute atomic E-state index is 12.7. The molecule has 0 aromatic heterocycles. The van der Waals surface area contributed by atoms with Crippen LogP contribution in [0.25, 0.3) is 6.08 Å². The first-order chi connectivity index (χ1) is 15.8. The number of non-ortho nitro benzene ring substituents is 1. The molecule has 0 atom stereocenters. The van der Waals surface area contributed by atoms with E-state index < -0.39 is 31.5 Å². The lowest BCUT2D eigenvalue weighted by Gasteiger charge is -2.10. The topological polar surface area (TPSA) is 139 Å². The third kappa shape index (κ3) is 6.03. The Morgan fingerprint density at radius 1 is 1.06 bits per heavy atom. The Balaban J connectivity index is 1.85. The highest BCUT2D eigenvalue weighted by atomic mass is 32.2. The van der Waals surface area contributed by atoms with E-state index in [0.717, 1.165) is 17.7 Å². The van der Waals surface area contributed by atoms with Gasteiger partial charge in [0, 0.05) is 24.2 Å². The Labute approximate surface area is 189 Å². The van der Waals surface area contributed by atoms with E-state index in [1.807, 2.05) is 30.3 Å². The van der Waals surface area contributed by atoms with Crippen LogP contribution in [0.1, 0.15) is 11.1 Å². The van der Waals surface area contributed by atoms with Gasteiger partial charge in [-0.2, -0.15) is 13.7 Å². The molecular formula is C23H17N3O6S. The van der Waals surface area contributed by atoms with Crippen LogP contribution in [-0.4, -0.2) is 19.2 Å². The van der Waals surface area contributed by atoms with Crippen LogP contribution in [0.15, 0.2) is 89.3 Å². The molecular weight excluding hydrogens is 446 g/mol. The van der Waals surface area contributed by atoms with Crippen molar-refractivity contribution < 1.29 is 22.3 Å². The molecule has 0 saturated carbocycles. The van der Waals surface area contributed by atoms with Gasteiger partial charge in [0.25, 0.3) is 11.6 Å². The van der Waals surface area contributed by atoms with Gasteiger partial charge in [0.2, 0.25) is 0 Å². The number of para-hydroxylation sites is 1. The van der Waals surface area contributed by atoms with E-state index >= 15 is 0 Å². The summed E-state index contributed by atoms with van der Waals surface area (Å²) in [6.07, 6.45) is 1.21. The van der Waals surface area contributed by atoms with Gasteiger partial charge in [-0.15, -0.1) is 0 Å². The molecule has 10 heteroatoms. The zero-order valence-electron chi connectivity index (χ0n) is 17.0. The minimum Gasteiger partial charge on any atom is -0.378 e. The number of nitrogens with one attached hydrogen (secondary N) is 1. The quantitative estimate of drug-likeness (QED) is 0.177. The molecule has 3 rings (SSSR count). The van der Waals surface area contributed by atoms with Gasteiger partial charge in [-0.05, 0) is 23.8 Å². The standard InChI is InChI=1S/C23H17N3O6S/c24-15-19(23(27)25-16-17-7-2-1-3-8-17)13-18-9-4-5-12-22(18)32-33(30,31)21-11-6-10-20(14-21)26(28)29/h1-14H,16H2,(H,25,27)/b19-13+. The second kappa shape index (κ2) is 10.2. The number of nitro benzene ring substituents is 1. The average Bonchev–Trinajstić information content (AvgIpc) is 2.82. The van der Waals surface area contributed by atoms with Crippen molar-refractivity contribution in [1.29, 1.82) is 5.26 Å². The molecule has 166 valence electrons. The predicted molar refractivity (Wildman–Crippen MR) is 119 cm³/mol. The highest BCUT2D eigenvalue weighted by Gasteiger charge is 2.21. The molecule has 0 radical (unpaired) electrons. The molecule has 0 fully saturated rings. The minimum atomic E-state index is -4.42. The summed E-state index contributed by atoms with van der Waals surface area (Å²) in [5, 5.41) is 23.0. The molecule has 0 aliphatic carbocycles. The van der Waals surface area contributed by atoms with Crippen LogP contribution in [0.2, 0.25) is 0 Å². The molecule has 0 aliphatic rings. The first-order valence-corrected chi connectivity index (χ1v) is 10.9. The molecule has 0 spiro atoms. The number of rotatable bonds is 8. The SMILES string of the molecule is N#C/C(=C\c1ccccc1OS(=O)(=O)c1cccc([N+](=O)[O-])c1)C(=O)NCc1ccccc1. The fourth-order valence-corrected chi connectivity index (χ4v) is 3.77. The van der Waals surface area contributed by atoms with Gasteiger partial charge < -0.3 is 9.50 Å². The first kappa shape index (κ1) is 23.2. The van der Waals surface area contributed by atoms with Gasteiger partial charge >= 0.3 is 10.1 Å². The molecule has 33 heavy (non-hydrogen) atoms. The molecule has 3 aromatic rings. The van der Waals surface area contributed by atoms with E-state index in [4.69, 9.17) is 4.18 Å². The summed E-state index contributed by atoms with van der Waals surface area (Å²) in [5.74, 6) is -0.787. The van der Waals surface area contributed by atoms with Gasteiger partial charge in [0.15, 0.2) is 0 Å². The molecule has 9 nitrogen and oxygen atoms in total. The summed E-state index contributed by atoms with van der Waals surface area (Å²) in [6.45, 7) is 0.206. The van der Waals surface area contributed by atoms with Crippen LogP contribution < -0.4 is 9.50 Å². The Kier molecular flexibility index (Phi) is 7.17. The fourth-order valence-electron chi connectivity index (χ4n) is 2.77. The highest BCUT2D eigenvalue weighted by Crippen LogP contribution is 2.26. The van der Waals surface area contributed by atoms with Crippen molar-refractivity contribution >= 4 is 27.8 Å². The molecule has 0 aliphatic heterocycles. The summed E-state index contributed by atoms with van der Waals surface area (Å²) < 4.78 is 30.5. The lowest BCUT2D eigenvalue weighted by molar-refractivity contribution is -0.385. The highest BCUT2D eigenvalue weighted by molar-refractivity contribution is 7.87. The summed E-state index contributed by atoms with van der Waals surface area (Å²) in [7, 11) is -4.42. The monoisotopic (exact) mass is 463 g/mol. The molecule has 0 unspecified atom stereocenters. The lowest BCUT2D eigenvalue weighted by atomic mass is 10.1. The number of carbonyl (C=O) groups is 1. The number of nitro groups is 1.